The molecule has 0 heterocycles. The van der Waals surface area contributed by atoms with Gasteiger partial charge in [0.1, 0.15) is 6.10 Å². The van der Waals surface area contributed by atoms with Crippen LogP contribution in [0.1, 0.15) is 20.3 Å². The van der Waals surface area contributed by atoms with Crippen LogP contribution < -0.4 is 9.47 Å². The zero-order chi connectivity index (χ0) is 12.6. The summed E-state index contributed by atoms with van der Waals surface area (Å²) >= 11 is 9.68. The third kappa shape index (κ3) is 2.27. The second-order valence-electron chi connectivity index (χ2n) is 4.90. The van der Waals surface area contributed by atoms with Crippen molar-refractivity contribution in [3.8, 4) is 11.5 Å². The molecule has 1 fully saturated rings. The molecule has 0 bridgehead atoms. The molecule has 1 aromatic carbocycles. The SMILES string of the molecule is COc1cccc(Br)c1OC1CC(Cl)C1(C)C. The van der Waals surface area contributed by atoms with Crippen molar-refractivity contribution < 1.29 is 9.47 Å². The average Bonchev–Trinajstić information content (AvgIpc) is 2.30. The molecule has 2 atom stereocenters. The summed E-state index contributed by atoms with van der Waals surface area (Å²) in [4.78, 5) is 0. The van der Waals surface area contributed by atoms with Crippen LogP contribution in [-0.4, -0.2) is 18.6 Å². The van der Waals surface area contributed by atoms with E-state index in [2.05, 4.69) is 29.8 Å². The van der Waals surface area contributed by atoms with E-state index in [0.29, 0.717) is 0 Å². The van der Waals surface area contributed by atoms with Crippen molar-refractivity contribution in [1.82, 2.24) is 0 Å². The highest BCUT2D eigenvalue weighted by molar-refractivity contribution is 9.10. The first-order chi connectivity index (χ1) is 7.96. The summed E-state index contributed by atoms with van der Waals surface area (Å²) in [5, 5.41) is 0.181. The lowest BCUT2D eigenvalue weighted by Gasteiger charge is -2.48. The van der Waals surface area contributed by atoms with Crippen LogP contribution in [0.25, 0.3) is 0 Å². The third-order valence-corrected chi connectivity index (χ3v) is 4.83. The number of hydrogen-bond donors (Lipinski definition) is 0. The minimum absolute atomic E-state index is 0.00183. The second kappa shape index (κ2) is 4.69. The van der Waals surface area contributed by atoms with E-state index in [1.807, 2.05) is 18.2 Å². The predicted octanol–water partition coefficient (Wildman–Crippen LogP) is 4.24. The molecular weight excluding hydrogens is 303 g/mol. The third-order valence-electron chi connectivity index (χ3n) is 3.47. The molecule has 0 amide bonds. The molecule has 1 saturated carbocycles. The maximum atomic E-state index is 6.19. The molecular formula is C13H16BrClO2. The fraction of sp³-hybridized carbons (Fsp3) is 0.538. The molecule has 1 aromatic rings. The Labute approximate surface area is 115 Å². The minimum atomic E-state index is 0.00183. The van der Waals surface area contributed by atoms with Gasteiger partial charge in [-0.15, -0.1) is 11.6 Å². The van der Waals surface area contributed by atoms with Crippen LogP contribution in [0.3, 0.4) is 0 Å². The fourth-order valence-corrected chi connectivity index (χ4v) is 2.69. The number of para-hydroxylation sites is 1. The lowest BCUT2D eigenvalue weighted by Crippen LogP contribution is -2.53. The fourth-order valence-electron chi connectivity index (χ4n) is 1.94. The molecule has 2 unspecified atom stereocenters. The topological polar surface area (TPSA) is 18.5 Å². The van der Waals surface area contributed by atoms with Crippen molar-refractivity contribution in [3.05, 3.63) is 22.7 Å². The molecule has 4 heteroatoms. The summed E-state index contributed by atoms with van der Waals surface area (Å²) in [7, 11) is 1.64. The Kier molecular flexibility index (Phi) is 3.60. The molecule has 94 valence electrons. The van der Waals surface area contributed by atoms with Crippen molar-refractivity contribution in [2.24, 2.45) is 5.41 Å². The Morgan fingerprint density at radius 2 is 2.12 bits per heavy atom. The molecule has 0 aromatic heterocycles. The number of halogens is 2. The van der Waals surface area contributed by atoms with Crippen LogP contribution in [-0.2, 0) is 0 Å². The highest BCUT2D eigenvalue weighted by atomic mass is 79.9. The zero-order valence-electron chi connectivity index (χ0n) is 10.2. The van der Waals surface area contributed by atoms with Gasteiger partial charge in [-0.05, 0) is 28.1 Å². The van der Waals surface area contributed by atoms with E-state index in [9.17, 15) is 0 Å². The van der Waals surface area contributed by atoms with Crippen LogP contribution in [0, 0.1) is 5.41 Å². The Morgan fingerprint density at radius 1 is 1.41 bits per heavy atom. The van der Waals surface area contributed by atoms with Crippen molar-refractivity contribution in [3.63, 3.8) is 0 Å². The van der Waals surface area contributed by atoms with E-state index in [0.717, 1.165) is 22.4 Å². The maximum Gasteiger partial charge on any atom is 0.175 e. The lowest BCUT2D eigenvalue weighted by molar-refractivity contribution is -0.0149. The van der Waals surface area contributed by atoms with E-state index in [1.54, 1.807) is 7.11 Å². The van der Waals surface area contributed by atoms with Crippen molar-refractivity contribution in [2.75, 3.05) is 7.11 Å². The van der Waals surface area contributed by atoms with Crippen molar-refractivity contribution in [1.29, 1.82) is 0 Å². The van der Waals surface area contributed by atoms with Gasteiger partial charge in [-0.25, -0.2) is 0 Å². The number of methoxy groups -OCH3 is 1. The molecule has 2 rings (SSSR count). The van der Waals surface area contributed by atoms with E-state index >= 15 is 0 Å². The van der Waals surface area contributed by atoms with Gasteiger partial charge in [0, 0.05) is 17.2 Å². The van der Waals surface area contributed by atoms with Crippen LogP contribution in [0.2, 0.25) is 0 Å². The van der Waals surface area contributed by atoms with E-state index < -0.39 is 0 Å². The standard InChI is InChI=1S/C13H16BrClO2/c1-13(2)10(15)7-11(13)17-12-8(14)5-4-6-9(12)16-3/h4-6,10-11H,7H2,1-3H3. The summed E-state index contributed by atoms with van der Waals surface area (Å²) < 4.78 is 12.2. The van der Waals surface area contributed by atoms with Gasteiger partial charge < -0.3 is 9.47 Å². The number of alkyl halides is 1. The van der Waals surface area contributed by atoms with Gasteiger partial charge in [-0.1, -0.05) is 19.9 Å². The lowest BCUT2D eigenvalue weighted by atomic mass is 9.68. The Balaban J connectivity index is 2.20. The summed E-state index contributed by atoms with van der Waals surface area (Å²) in [5.74, 6) is 1.50. The second-order valence-corrected chi connectivity index (χ2v) is 6.28. The molecule has 1 aliphatic rings. The number of benzene rings is 1. The summed E-state index contributed by atoms with van der Waals surface area (Å²) in [6, 6.07) is 5.76. The Bertz CT molecular complexity index is 420. The first-order valence-corrected chi connectivity index (χ1v) is 6.83. The van der Waals surface area contributed by atoms with Gasteiger partial charge in [0.05, 0.1) is 11.6 Å². The van der Waals surface area contributed by atoms with Gasteiger partial charge in [0.15, 0.2) is 11.5 Å². The predicted molar refractivity (Wildman–Crippen MR) is 73.1 cm³/mol. The van der Waals surface area contributed by atoms with E-state index in [1.165, 1.54) is 0 Å². The highest BCUT2D eigenvalue weighted by Crippen LogP contribution is 2.48. The van der Waals surface area contributed by atoms with Gasteiger partial charge in [-0.3, -0.25) is 0 Å². The normalized spacial score (nSPS) is 26.2. The smallest absolute Gasteiger partial charge is 0.175 e. The summed E-state index contributed by atoms with van der Waals surface area (Å²) in [6.45, 7) is 4.25. The number of rotatable bonds is 3. The molecule has 0 radical (unpaired) electrons. The number of hydrogen-bond acceptors (Lipinski definition) is 2. The minimum Gasteiger partial charge on any atom is -0.493 e. The largest absolute Gasteiger partial charge is 0.493 e. The van der Waals surface area contributed by atoms with Gasteiger partial charge in [0.2, 0.25) is 0 Å². The quantitative estimate of drug-likeness (QED) is 0.776. The van der Waals surface area contributed by atoms with E-state index in [4.69, 9.17) is 21.1 Å². The van der Waals surface area contributed by atoms with Gasteiger partial charge >= 0.3 is 0 Å². The Hall–Kier alpha value is -0.410. The molecule has 0 N–H and O–H groups in total. The van der Waals surface area contributed by atoms with Crippen molar-refractivity contribution in [2.45, 2.75) is 31.7 Å². The van der Waals surface area contributed by atoms with Gasteiger partial charge in [0.25, 0.3) is 0 Å². The first-order valence-electron chi connectivity index (χ1n) is 5.60. The summed E-state index contributed by atoms with van der Waals surface area (Å²) in [6.07, 6.45) is 1.01. The molecule has 0 spiro atoms. The van der Waals surface area contributed by atoms with Crippen LogP contribution in [0.4, 0.5) is 0 Å². The first kappa shape index (κ1) is 13.0. The van der Waals surface area contributed by atoms with Gasteiger partial charge in [-0.2, -0.15) is 0 Å². The maximum absolute atomic E-state index is 6.19. The molecule has 0 saturated heterocycles. The Morgan fingerprint density at radius 3 is 2.65 bits per heavy atom. The van der Waals surface area contributed by atoms with Crippen LogP contribution >= 0.6 is 27.5 Å². The average molecular weight is 320 g/mol. The van der Waals surface area contributed by atoms with E-state index in [-0.39, 0.29) is 16.9 Å². The molecule has 2 nitrogen and oxygen atoms in total. The molecule has 0 aliphatic heterocycles. The van der Waals surface area contributed by atoms with Crippen molar-refractivity contribution >= 4 is 27.5 Å². The monoisotopic (exact) mass is 318 g/mol. The number of ether oxygens (including phenoxy) is 2. The zero-order valence-corrected chi connectivity index (χ0v) is 12.5. The summed E-state index contributed by atoms with van der Waals surface area (Å²) in [5.41, 5.74) is 0.00183. The molecule has 17 heavy (non-hydrogen) atoms. The van der Waals surface area contributed by atoms with Crippen LogP contribution in [0.15, 0.2) is 22.7 Å². The molecule has 1 aliphatic carbocycles. The van der Waals surface area contributed by atoms with Crippen LogP contribution in [0.5, 0.6) is 11.5 Å². The highest BCUT2D eigenvalue weighted by Gasteiger charge is 2.49.